The van der Waals surface area contributed by atoms with Crippen molar-refractivity contribution in [3.8, 4) is 0 Å². The van der Waals surface area contributed by atoms with Crippen molar-refractivity contribution in [3.05, 3.63) is 17.5 Å². The number of hydrogen-bond donors (Lipinski definition) is 2. The quantitative estimate of drug-likeness (QED) is 0.737. The number of aromatic amines is 1. The van der Waals surface area contributed by atoms with Gasteiger partial charge in [0.05, 0.1) is 18.2 Å². The highest BCUT2D eigenvalue weighted by atomic mass is 35.5. The standard InChI is InChI=1S/C6H6ClF3N2O/c7-1-4(13)3-2-11-12-5(3)6(8,9)10/h2,4,13H,1H2,(H,11,12). The molecule has 0 saturated carbocycles. The van der Waals surface area contributed by atoms with Crippen LogP contribution in [0.5, 0.6) is 0 Å². The Balaban J connectivity index is 3.03. The van der Waals surface area contributed by atoms with Crippen LogP contribution in [0.3, 0.4) is 0 Å². The van der Waals surface area contributed by atoms with Crippen LogP contribution in [-0.2, 0) is 6.18 Å². The van der Waals surface area contributed by atoms with E-state index in [0.29, 0.717) is 0 Å². The lowest BCUT2D eigenvalue weighted by atomic mass is 10.1. The van der Waals surface area contributed by atoms with Crippen LogP contribution < -0.4 is 0 Å². The Bertz CT molecular complexity index is 286. The number of aliphatic hydroxyl groups is 1. The molecule has 0 aromatic carbocycles. The molecular formula is C6H6ClF3N2O. The maximum atomic E-state index is 12.2. The summed E-state index contributed by atoms with van der Waals surface area (Å²) in [5.41, 5.74) is -1.39. The molecule has 1 aromatic rings. The SMILES string of the molecule is OC(CCl)c1cn[nH]c1C(F)(F)F. The Labute approximate surface area is 76.5 Å². The van der Waals surface area contributed by atoms with Gasteiger partial charge in [0, 0.05) is 5.56 Å². The van der Waals surface area contributed by atoms with Crippen LogP contribution >= 0.6 is 11.6 Å². The molecule has 0 fully saturated rings. The summed E-state index contributed by atoms with van der Waals surface area (Å²) in [6.07, 6.45) is -4.98. The Morgan fingerprint density at radius 3 is 2.69 bits per heavy atom. The van der Waals surface area contributed by atoms with E-state index in [9.17, 15) is 13.2 Å². The third-order valence-corrected chi connectivity index (χ3v) is 1.75. The van der Waals surface area contributed by atoms with E-state index >= 15 is 0 Å². The second-order valence-electron chi connectivity index (χ2n) is 2.37. The molecule has 2 N–H and O–H groups in total. The lowest BCUT2D eigenvalue weighted by Crippen LogP contribution is -2.11. The molecule has 1 aromatic heterocycles. The fourth-order valence-electron chi connectivity index (χ4n) is 0.858. The van der Waals surface area contributed by atoms with Crippen molar-refractivity contribution in [2.45, 2.75) is 12.3 Å². The molecule has 1 heterocycles. The van der Waals surface area contributed by atoms with Gasteiger partial charge in [-0.15, -0.1) is 11.6 Å². The molecule has 1 rings (SSSR count). The average molecular weight is 215 g/mol. The zero-order chi connectivity index (χ0) is 10.1. The van der Waals surface area contributed by atoms with E-state index in [0.717, 1.165) is 6.20 Å². The minimum absolute atomic E-state index is 0.303. The zero-order valence-corrected chi connectivity index (χ0v) is 7.02. The van der Waals surface area contributed by atoms with Gasteiger partial charge in [-0.1, -0.05) is 0 Å². The highest BCUT2D eigenvalue weighted by molar-refractivity contribution is 6.18. The van der Waals surface area contributed by atoms with Crippen LogP contribution in [0, 0.1) is 0 Å². The van der Waals surface area contributed by atoms with E-state index in [1.165, 1.54) is 0 Å². The van der Waals surface area contributed by atoms with Crippen molar-refractivity contribution in [1.82, 2.24) is 10.2 Å². The number of halogens is 4. The molecule has 0 spiro atoms. The monoisotopic (exact) mass is 214 g/mol. The van der Waals surface area contributed by atoms with Crippen LogP contribution in [0.15, 0.2) is 6.20 Å². The van der Waals surface area contributed by atoms with Crippen molar-refractivity contribution in [1.29, 1.82) is 0 Å². The highest BCUT2D eigenvalue weighted by Crippen LogP contribution is 2.32. The summed E-state index contributed by atoms with van der Waals surface area (Å²) in [5.74, 6) is -0.303. The molecule has 0 amide bonds. The summed E-state index contributed by atoms with van der Waals surface area (Å²) in [6.45, 7) is 0. The van der Waals surface area contributed by atoms with Gasteiger partial charge in [-0.2, -0.15) is 18.3 Å². The maximum Gasteiger partial charge on any atom is 0.433 e. The average Bonchev–Trinajstić information content (AvgIpc) is 2.49. The van der Waals surface area contributed by atoms with Gasteiger partial charge in [-0.3, -0.25) is 5.10 Å². The second-order valence-corrected chi connectivity index (χ2v) is 2.68. The van der Waals surface area contributed by atoms with Crippen LogP contribution in [0.2, 0.25) is 0 Å². The number of H-pyrrole nitrogens is 1. The first kappa shape index (κ1) is 10.3. The molecule has 0 aliphatic carbocycles. The molecule has 13 heavy (non-hydrogen) atoms. The molecule has 3 nitrogen and oxygen atoms in total. The van der Waals surface area contributed by atoms with Gasteiger partial charge >= 0.3 is 6.18 Å². The van der Waals surface area contributed by atoms with Crippen molar-refractivity contribution >= 4 is 11.6 Å². The summed E-state index contributed by atoms with van der Waals surface area (Å²) < 4.78 is 36.5. The number of hydrogen-bond acceptors (Lipinski definition) is 2. The maximum absolute atomic E-state index is 12.2. The fourth-order valence-corrected chi connectivity index (χ4v) is 1.02. The Kier molecular flexibility index (Phi) is 2.82. The lowest BCUT2D eigenvalue weighted by molar-refractivity contribution is -0.142. The third kappa shape index (κ3) is 2.13. The Morgan fingerprint density at radius 2 is 2.23 bits per heavy atom. The number of nitrogens with zero attached hydrogens (tertiary/aromatic N) is 1. The van der Waals surface area contributed by atoms with Gasteiger partial charge in [0.1, 0.15) is 5.69 Å². The molecule has 1 unspecified atom stereocenters. The van der Waals surface area contributed by atoms with Gasteiger partial charge in [0.2, 0.25) is 0 Å². The molecule has 0 radical (unpaired) electrons. The van der Waals surface area contributed by atoms with Crippen molar-refractivity contribution in [3.63, 3.8) is 0 Å². The smallest absolute Gasteiger partial charge is 0.387 e. The van der Waals surface area contributed by atoms with Crippen molar-refractivity contribution in [2.24, 2.45) is 0 Å². The van der Waals surface area contributed by atoms with E-state index in [1.54, 1.807) is 5.10 Å². The number of alkyl halides is 4. The van der Waals surface area contributed by atoms with Crippen LogP contribution in [-0.4, -0.2) is 21.2 Å². The summed E-state index contributed by atoms with van der Waals surface area (Å²) in [7, 11) is 0. The van der Waals surface area contributed by atoms with Crippen LogP contribution in [0.25, 0.3) is 0 Å². The first-order valence-electron chi connectivity index (χ1n) is 3.31. The van der Waals surface area contributed by atoms with Crippen LogP contribution in [0.1, 0.15) is 17.4 Å². The molecular weight excluding hydrogens is 209 g/mol. The van der Waals surface area contributed by atoms with E-state index in [4.69, 9.17) is 16.7 Å². The number of aromatic nitrogens is 2. The van der Waals surface area contributed by atoms with E-state index in [1.807, 2.05) is 0 Å². The molecule has 1 atom stereocenters. The van der Waals surface area contributed by atoms with Gasteiger partial charge in [-0.25, -0.2) is 0 Å². The highest BCUT2D eigenvalue weighted by Gasteiger charge is 2.37. The van der Waals surface area contributed by atoms with Gasteiger partial charge in [0.25, 0.3) is 0 Å². The number of nitrogens with one attached hydrogen (secondary N) is 1. The summed E-state index contributed by atoms with van der Waals surface area (Å²) in [5, 5.41) is 14.0. The van der Waals surface area contributed by atoms with E-state index in [-0.39, 0.29) is 11.4 Å². The minimum atomic E-state index is -4.54. The molecule has 0 saturated heterocycles. The summed E-state index contributed by atoms with van der Waals surface area (Å²) >= 11 is 5.21. The number of rotatable bonds is 2. The third-order valence-electron chi connectivity index (χ3n) is 1.46. The molecule has 7 heteroatoms. The van der Waals surface area contributed by atoms with Gasteiger partial charge in [-0.05, 0) is 0 Å². The van der Waals surface area contributed by atoms with E-state index < -0.39 is 18.0 Å². The summed E-state index contributed by atoms with van der Waals surface area (Å²) in [6, 6.07) is 0. The zero-order valence-electron chi connectivity index (χ0n) is 6.27. The molecule has 0 aliphatic heterocycles. The normalized spacial score (nSPS) is 14.5. The Morgan fingerprint density at radius 1 is 1.62 bits per heavy atom. The Hall–Kier alpha value is -0.750. The first-order chi connectivity index (χ1) is 5.96. The molecule has 0 aliphatic rings. The molecule has 0 bridgehead atoms. The van der Waals surface area contributed by atoms with Crippen LogP contribution in [0.4, 0.5) is 13.2 Å². The van der Waals surface area contributed by atoms with Gasteiger partial charge < -0.3 is 5.11 Å². The van der Waals surface area contributed by atoms with Crippen molar-refractivity contribution in [2.75, 3.05) is 5.88 Å². The topological polar surface area (TPSA) is 48.9 Å². The van der Waals surface area contributed by atoms with E-state index in [2.05, 4.69) is 5.10 Å². The lowest BCUT2D eigenvalue weighted by Gasteiger charge is -2.09. The van der Waals surface area contributed by atoms with Crippen molar-refractivity contribution < 1.29 is 18.3 Å². The minimum Gasteiger partial charge on any atom is -0.387 e. The largest absolute Gasteiger partial charge is 0.433 e. The summed E-state index contributed by atoms with van der Waals surface area (Å²) in [4.78, 5) is 0. The fraction of sp³-hybridized carbons (Fsp3) is 0.500. The predicted molar refractivity (Wildman–Crippen MR) is 39.3 cm³/mol. The number of aliphatic hydroxyl groups excluding tert-OH is 1. The van der Waals surface area contributed by atoms with Gasteiger partial charge in [0.15, 0.2) is 0 Å². The second kappa shape index (κ2) is 3.55. The first-order valence-corrected chi connectivity index (χ1v) is 3.84. The predicted octanol–water partition coefficient (Wildman–Crippen LogP) is 1.70. The molecule has 74 valence electrons.